The van der Waals surface area contributed by atoms with Crippen molar-refractivity contribution >= 4 is 22.8 Å². The van der Waals surface area contributed by atoms with Gasteiger partial charge in [0.1, 0.15) is 17.9 Å². The molecule has 0 fully saturated rings. The summed E-state index contributed by atoms with van der Waals surface area (Å²) in [6, 6.07) is 22.2. The molecule has 1 aromatic heterocycles. The van der Waals surface area contributed by atoms with Crippen LogP contribution in [0.1, 0.15) is 37.6 Å². The number of nitrogens with one attached hydrogen (secondary N) is 2. The predicted molar refractivity (Wildman–Crippen MR) is 118 cm³/mol. The van der Waals surface area contributed by atoms with E-state index in [1.165, 1.54) is 0 Å². The first-order chi connectivity index (χ1) is 15.0. The van der Waals surface area contributed by atoms with Gasteiger partial charge in [0, 0.05) is 16.5 Å². The normalized spacial score (nSPS) is 10.6. The second-order valence-electron chi connectivity index (χ2n) is 7.23. The van der Waals surface area contributed by atoms with Crippen molar-refractivity contribution in [2.75, 3.05) is 0 Å². The lowest BCUT2D eigenvalue weighted by Gasteiger charge is -2.10. The topological polar surface area (TPSA) is 80.6 Å². The lowest BCUT2D eigenvalue weighted by atomic mass is 10.1. The van der Waals surface area contributed by atoms with Gasteiger partial charge in [0.2, 0.25) is 5.76 Å². The Morgan fingerprint density at radius 2 is 1.58 bits per heavy atom. The third-order valence-electron chi connectivity index (χ3n) is 4.95. The zero-order chi connectivity index (χ0) is 21.8. The first-order valence-corrected chi connectivity index (χ1v) is 9.89. The van der Waals surface area contributed by atoms with Gasteiger partial charge < -0.3 is 9.15 Å². The second kappa shape index (κ2) is 8.75. The molecule has 0 bridgehead atoms. The maximum absolute atomic E-state index is 12.8. The van der Waals surface area contributed by atoms with Gasteiger partial charge in [-0.2, -0.15) is 0 Å². The average molecular weight is 414 g/mol. The highest BCUT2D eigenvalue weighted by Gasteiger charge is 2.22. The third kappa shape index (κ3) is 4.43. The first-order valence-electron chi connectivity index (χ1n) is 9.89. The lowest BCUT2D eigenvalue weighted by molar-refractivity contribution is 0.0830. The Morgan fingerprint density at radius 1 is 0.871 bits per heavy atom. The van der Waals surface area contributed by atoms with Gasteiger partial charge in [0.25, 0.3) is 5.91 Å². The molecule has 0 spiro atoms. The van der Waals surface area contributed by atoms with E-state index in [1.54, 1.807) is 12.1 Å². The van der Waals surface area contributed by atoms with Crippen molar-refractivity contribution < 1.29 is 18.7 Å². The Kier molecular flexibility index (Phi) is 5.71. The van der Waals surface area contributed by atoms with Crippen LogP contribution in [0.3, 0.4) is 0 Å². The minimum absolute atomic E-state index is 0.0954. The molecule has 0 unspecified atom stereocenters. The zero-order valence-corrected chi connectivity index (χ0v) is 17.3. The monoisotopic (exact) mass is 414 g/mol. The summed E-state index contributed by atoms with van der Waals surface area (Å²) in [5.74, 6) is -0.176. The van der Waals surface area contributed by atoms with Crippen LogP contribution >= 0.6 is 0 Å². The van der Waals surface area contributed by atoms with Crippen LogP contribution in [0, 0.1) is 13.8 Å². The number of amides is 2. The van der Waals surface area contributed by atoms with E-state index in [9.17, 15) is 9.59 Å². The molecule has 2 N–H and O–H groups in total. The molecule has 0 saturated heterocycles. The number of ether oxygens (including phenoxy) is 1. The van der Waals surface area contributed by atoms with Crippen molar-refractivity contribution in [3.8, 4) is 5.75 Å². The Balaban J connectivity index is 1.53. The number of para-hydroxylation sites is 2. The van der Waals surface area contributed by atoms with Crippen LogP contribution in [-0.2, 0) is 6.61 Å². The highest BCUT2D eigenvalue weighted by Crippen LogP contribution is 2.27. The Bertz CT molecular complexity index is 1250. The number of carbonyl (C=O) groups is 2. The van der Waals surface area contributed by atoms with Gasteiger partial charge in [-0.1, -0.05) is 54.1 Å². The van der Waals surface area contributed by atoms with E-state index in [0.29, 0.717) is 22.5 Å². The van der Waals surface area contributed by atoms with Gasteiger partial charge in [0.05, 0.1) is 0 Å². The maximum Gasteiger partial charge on any atom is 0.305 e. The van der Waals surface area contributed by atoms with Crippen molar-refractivity contribution in [1.29, 1.82) is 0 Å². The fourth-order valence-corrected chi connectivity index (χ4v) is 3.40. The Hall–Kier alpha value is -4.06. The molecule has 2 amide bonds. The second-order valence-corrected chi connectivity index (χ2v) is 7.23. The minimum atomic E-state index is -0.555. The molecule has 1 heterocycles. The van der Waals surface area contributed by atoms with E-state index in [1.807, 2.05) is 74.5 Å². The average Bonchev–Trinajstić information content (AvgIpc) is 3.15. The molecule has 0 atom stereocenters. The standard InChI is InChI=1S/C25H22N2O4/c1-16-12-13-19(17(2)14-16)24(28)26-27-25(29)23-21(15-30-18-8-4-3-5-9-18)20-10-6-7-11-22(20)31-23/h3-14H,15H2,1-2H3,(H,26,28)(H,27,29). The first kappa shape index (κ1) is 20.2. The molecule has 0 saturated carbocycles. The van der Waals surface area contributed by atoms with Crippen molar-refractivity contribution in [2.24, 2.45) is 0 Å². The summed E-state index contributed by atoms with van der Waals surface area (Å²) in [5.41, 5.74) is 8.47. The Labute approximate surface area is 179 Å². The summed E-state index contributed by atoms with van der Waals surface area (Å²) in [7, 11) is 0. The number of rotatable bonds is 5. The molecule has 6 heteroatoms. The van der Waals surface area contributed by atoms with Crippen LogP contribution in [0.4, 0.5) is 0 Å². The number of benzene rings is 3. The summed E-state index contributed by atoms with van der Waals surface area (Å²) in [6.07, 6.45) is 0. The molecule has 156 valence electrons. The summed E-state index contributed by atoms with van der Waals surface area (Å²) < 4.78 is 11.6. The van der Waals surface area contributed by atoms with Crippen molar-refractivity contribution in [3.05, 3.63) is 101 Å². The number of hydrogen-bond donors (Lipinski definition) is 2. The molecule has 4 rings (SSSR count). The zero-order valence-electron chi connectivity index (χ0n) is 17.3. The van der Waals surface area contributed by atoms with Gasteiger partial charge in [-0.05, 0) is 43.7 Å². The van der Waals surface area contributed by atoms with Gasteiger partial charge in [-0.25, -0.2) is 0 Å². The maximum atomic E-state index is 12.8. The van der Waals surface area contributed by atoms with Crippen LogP contribution in [-0.4, -0.2) is 11.8 Å². The minimum Gasteiger partial charge on any atom is -0.489 e. The number of carbonyl (C=O) groups excluding carboxylic acids is 2. The predicted octanol–water partition coefficient (Wildman–Crippen LogP) is 4.70. The fraction of sp³-hybridized carbons (Fsp3) is 0.120. The number of aryl methyl sites for hydroxylation is 2. The molecule has 0 aliphatic rings. The van der Waals surface area contributed by atoms with Gasteiger partial charge >= 0.3 is 5.91 Å². The number of furan rings is 1. The number of fused-ring (bicyclic) bond motifs is 1. The highest BCUT2D eigenvalue weighted by molar-refractivity contribution is 6.01. The van der Waals surface area contributed by atoms with E-state index in [4.69, 9.17) is 9.15 Å². The van der Waals surface area contributed by atoms with E-state index < -0.39 is 11.8 Å². The third-order valence-corrected chi connectivity index (χ3v) is 4.95. The summed E-state index contributed by atoms with van der Waals surface area (Å²) in [4.78, 5) is 25.3. The van der Waals surface area contributed by atoms with E-state index >= 15 is 0 Å². The molecular weight excluding hydrogens is 392 g/mol. The molecule has 0 radical (unpaired) electrons. The smallest absolute Gasteiger partial charge is 0.305 e. The molecule has 0 aliphatic heterocycles. The highest BCUT2D eigenvalue weighted by atomic mass is 16.5. The molecular formula is C25H22N2O4. The van der Waals surface area contributed by atoms with Gasteiger partial charge in [0.15, 0.2) is 0 Å². The van der Waals surface area contributed by atoms with E-state index in [-0.39, 0.29) is 12.4 Å². The molecule has 31 heavy (non-hydrogen) atoms. The summed E-state index contributed by atoms with van der Waals surface area (Å²) in [6.45, 7) is 3.95. The van der Waals surface area contributed by atoms with Gasteiger partial charge in [-0.15, -0.1) is 0 Å². The van der Waals surface area contributed by atoms with Crippen LogP contribution in [0.15, 0.2) is 77.2 Å². The largest absolute Gasteiger partial charge is 0.489 e. The molecule has 3 aromatic carbocycles. The molecule has 4 aromatic rings. The van der Waals surface area contributed by atoms with Crippen molar-refractivity contribution in [3.63, 3.8) is 0 Å². The van der Waals surface area contributed by atoms with E-state index in [0.717, 1.165) is 16.5 Å². The van der Waals surface area contributed by atoms with Crippen molar-refractivity contribution in [1.82, 2.24) is 10.9 Å². The van der Waals surface area contributed by atoms with E-state index in [2.05, 4.69) is 10.9 Å². The summed E-state index contributed by atoms with van der Waals surface area (Å²) in [5, 5.41) is 0.782. The fourth-order valence-electron chi connectivity index (χ4n) is 3.40. The quantitative estimate of drug-likeness (QED) is 0.464. The molecule has 0 aliphatic carbocycles. The van der Waals surface area contributed by atoms with Crippen LogP contribution in [0.25, 0.3) is 11.0 Å². The van der Waals surface area contributed by atoms with Crippen molar-refractivity contribution in [2.45, 2.75) is 20.5 Å². The summed E-state index contributed by atoms with van der Waals surface area (Å²) >= 11 is 0. The lowest BCUT2D eigenvalue weighted by Crippen LogP contribution is -2.42. The number of hydrogen-bond acceptors (Lipinski definition) is 4. The van der Waals surface area contributed by atoms with Crippen LogP contribution in [0.2, 0.25) is 0 Å². The SMILES string of the molecule is Cc1ccc(C(=O)NNC(=O)c2oc3ccccc3c2COc2ccccc2)c(C)c1. The van der Waals surface area contributed by atoms with Crippen LogP contribution < -0.4 is 15.6 Å². The van der Waals surface area contributed by atoms with Gasteiger partial charge in [-0.3, -0.25) is 20.4 Å². The Morgan fingerprint density at radius 3 is 2.35 bits per heavy atom. The number of hydrazine groups is 1. The molecule has 6 nitrogen and oxygen atoms in total. The van der Waals surface area contributed by atoms with Crippen LogP contribution in [0.5, 0.6) is 5.75 Å².